The number of hydrazine groups is 1. The smallest absolute Gasteiger partial charge is 0.241 e. The number of carbonyl (C=O) groups is 1. The molecule has 1 heterocycles. The van der Waals surface area contributed by atoms with Crippen molar-refractivity contribution in [2.75, 3.05) is 13.1 Å². The molecule has 0 aromatic heterocycles. The molecule has 0 unspecified atom stereocenters. The summed E-state index contributed by atoms with van der Waals surface area (Å²) in [6, 6.07) is 0. The molecule has 1 amide bonds. The molecule has 74 valence electrons. The molecule has 0 saturated carbocycles. The van der Waals surface area contributed by atoms with Crippen molar-refractivity contribution in [2.24, 2.45) is 5.73 Å². The first kappa shape index (κ1) is 10.4. The van der Waals surface area contributed by atoms with E-state index >= 15 is 0 Å². The van der Waals surface area contributed by atoms with Crippen molar-refractivity contribution in [3.8, 4) is 0 Å². The lowest BCUT2D eigenvalue weighted by molar-refractivity contribution is -0.125. The molecule has 13 heavy (non-hydrogen) atoms. The summed E-state index contributed by atoms with van der Waals surface area (Å²) in [4.78, 5) is 11.4. The van der Waals surface area contributed by atoms with Crippen molar-refractivity contribution in [3.05, 3.63) is 0 Å². The first-order valence-corrected chi connectivity index (χ1v) is 4.92. The Morgan fingerprint density at radius 3 is 2.54 bits per heavy atom. The van der Waals surface area contributed by atoms with Gasteiger partial charge in [-0.05, 0) is 12.8 Å². The number of nitrogens with zero attached hydrogens (tertiary/aromatic N) is 1. The largest absolute Gasteiger partial charge is 0.393 e. The molecule has 0 spiro atoms. The van der Waals surface area contributed by atoms with Gasteiger partial charge in [0.05, 0.1) is 11.4 Å². The molecule has 1 rings (SSSR count). The van der Waals surface area contributed by atoms with Gasteiger partial charge in [-0.3, -0.25) is 10.2 Å². The molecule has 5 heteroatoms. The van der Waals surface area contributed by atoms with Gasteiger partial charge in [0.1, 0.15) is 0 Å². The van der Waals surface area contributed by atoms with Gasteiger partial charge in [0, 0.05) is 13.1 Å². The Labute approximate surface area is 83.4 Å². The summed E-state index contributed by atoms with van der Waals surface area (Å²) < 4.78 is 0. The third-order valence-electron chi connectivity index (χ3n) is 1.97. The lowest BCUT2D eigenvalue weighted by atomic mass is 10.2. The minimum absolute atomic E-state index is 0.102. The lowest BCUT2D eigenvalue weighted by Gasteiger charge is -2.26. The van der Waals surface area contributed by atoms with Gasteiger partial charge in [0.2, 0.25) is 5.91 Å². The van der Waals surface area contributed by atoms with Gasteiger partial charge in [-0.2, -0.15) is 0 Å². The van der Waals surface area contributed by atoms with E-state index in [1.165, 1.54) is 6.42 Å². The Morgan fingerprint density at radius 2 is 2.00 bits per heavy atom. The van der Waals surface area contributed by atoms with Crippen LogP contribution in [0.3, 0.4) is 0 Å². The van der Waals surface area contributed by atoms with E-state index < -0.39 is 0 Å². The van der Waals surface area contributed by atoms with Crippen LogP contribution in [0.2, 0.25) is 0 Å². The summed E-state index contributed by atoms with van der Waals surface area (Å²) in [5, 5.41) is 1.93. The predicted octanol–water partition coefficient (Wildman–Crippen LogP) is 0.180. The molecular formula is C8H15N3OS. The van der Waals surface area contributed by atoms with Gasteiger partial charge in [-0.1, -0.05) is 18.6 Å². The lowest BCUT2D eigenvalue weighted by Crippen LogP contribution is -2.45. The van der Waals surface area contributed by atoms with Crippen LogP contribution in [0.25, 0.3) is 0 Å². The van der Waals surface area contributed by atoms with Gasteiger partial charge in [0.15, 0.2) is 0 Å². The molecule has 1 fully saturated rings. The standard InChI is InChI=1S/C8H15N3OS/c9-7(13)6-8(12)10-11-4-2-1-3-5-11/h1-6H2,(H2,9,13)(H,10,12). The van der Waals surface area contributed by atoms with Gasteiger partial charge >= 0.3 is 0 Å². The maximum absolute atomic E-state index is 11.2. The van der Waals surface area contributed by atoms with Crippen molar-refractivity contribution in [3.63, 3.8) is 0 Å². The molecule has 1 aliphatic rings. The van der Waals surface area contributed by atoms with E-state index in [2.05, 4.69) is 17.6 Å². The highest BCUT2D eigenvalue weighted by Crippen LogP contribution is 2.05. The average Bonchev–Trinajstić information content (AvgIpc) is 2.04. The van der Waals surface area contributed by atoms with E-state index in [0.717, 1.165) is 25.9 Å². The highest BCUT2D eigenvalue weighted by molar-refractivity contribution is 7.80. The summed E-state index contributed by atoms with van der Waals surface area (Å²) in [5.41, 5.74) is 8.03. The van der Waals surface area contributed by atoms with Crippen LogP contribution >= 0.6 is 12.2 Å². The third-order valence-corrected chi connectivity index (χ3v) is 2.12. The zero-order chi connectivity index (χ0) is 9.68. The van der Waals surface area contributed by atoms with Crippen LogP contribution in [-0.2, 0) is 4.79 Å². The van der Waals surface area contributed by atoms with Crippen molar-refractivity contribution >= 4 is 23.1 Å². The number of amides is 1. The Kier molecular flexibility index (Phi) is 4.11. The SMILES string of the molecule is NC(=S)CC(=O)NN1CCCCC1. The summed E-state index contributed by atoms with van der Waals surface area (Å²) in [7, 11) is 0. The number of thiocarbonyl (C=S) groups is 1. The molecular weight excluding hydrogens is 186 g/mol. The first-order chi connectivity index (χ1) is 6.18. The number of carbonyl (C=O) groups excluding carboxylic acids is 1. The fraction of sp³-hybridized carbons (Fsp3) is 0.750. The van der Waals surface area contributed by atoms with Crippen LogP contribution in [0, 0.1) is 0 Å². The second-order valence-electron chi connectivity index (χ2n) is 3.23. The second-order valence-corrected chi connectivity index (χ2v) is 3.75. The Hall–Kier alpha value is -0.680. The second kappa shape index (κ2) is 5.14. The minimum atomic E-state index is -0.102. The summed E-state index contributed by atoms with van der Waals surface area (Å²) >= 11 is 4.64. The zero-order valence-corrected chi connectivity index (χ0v) is 8.40. The Balaban J connectivity index is 2.22. The Bertz CT molecular complexity index is 202. The maximum atomic E-state index is 11.2. The van der Waals surface area contributed by atoms with E-state index in [1.54, 1.807) is 0 Å². The molecule has 1 saturated heterocycles. The molecule has 0 bridgehead atoms. The van der Waals surface area contributed by atoms with Gasteiger partial charge in [-0.25, -0.2) is 5.01 Å². The monoisotopic (exact) mass is 201 g/mol. The maximum Gasteiger partial charge on any atom is 0.241 e. The molecule has 0 aliphatic carbocycles. The third kappa shape index (κ3) is 4.19. The predicted molar refractivity (Wildman–Crippen MR) is 55.0 cm³/mol. The minimum Gasteiger partial charge on any atom is -0.393 e. The number of rotatable bonds is 3. The quantitative estimate of drug-likeness (QED) is 0.640. The van der Waals surface area contributed by atoms with Crippen molar-refractivity contribution in [2.45, 2.75) is 25.7 Å². The van der Waals surface area contributed by atoms with E-state index in [0.29, 0.717) is 0 Å². The Morgan fingerprint density at radius 1 is 1.38 bits per heavy atom. The average molecular weight is 201 g/mol. The van der Waals surface area contributed by atoms with E-state index in [4.69, 9.17) is 5.73 Å². The van der Waals surface area contributed by atoms with E-state index in [9.17, 15) is 4.79 Å². The van der Waals surface area contributed by atoms with Crippen LogP contribution in [0.4, 0.5) is 0 Å². The highest BCUT2D eigenvalue weighted by Gasteiger charge is 2.12. The zero-order valence-electron chi connectivity index (χ0n) is 7.58. The number of hydrogen-bond acceptors (Lipinski definition) is 3. The van der Waals surface area contributed by atoms with E-state index in [1.807, 2.05) is 5.01 Å². The molecule has 0 atom stereocenters. The van der Waals surface area contributed by atoms with Crippen molar-refractivity contribution < 1.29 is 4.79 Å². The summed E-state index contributed by atoms with van der Waals surface area (Å²) in [6.45, 7) is 1.87. The molecule has 3 N–H and O–H groups in total. The number of piperidine rings is 1. The number of nitrogens with one attached hydrogen (secondary N) is 1. The van der Waals surface area contributed by atoms with Gasteiger partial charge in [-0.15, -0.1) is 0 Å². The highest BCUT2D eigenvalue weighted by atomic mass is 32.1. The fourth-order valence-corrected chi connectivity index (χ4v) is 1.51. The molecule has 1 aliphatic heterocycles. The van der Waals surface area contributed by atoms with Crippen molar-refractivity contribution in [1.82, 2.24) is 10.4 Å². The molecule has 4 nitrogen and oxygen atoms in total. The van der Waals surface area contributed by atoms with Crippen LogP contribution in [0.5, 0.6) is 0 Å². The van der Waals surface area contributed by atoms with Crippen molar-refractivity contribution in [1.29, 1.82) is 0 Å². The van der Waals surface area contributed by atoms with Crippen LogP contribution in [-0.4, -0.2) is 29.0 Å². The topological polar surface area (TPSA) is 58.4 Å². The fourth-order valence-electron chi connectivity index (χ4n) is 1.38. The van der Waals surface area contributed by atoms with Crippen LogP contribution in [0.15, 0.2) is 0 Å². The first-order valence-electron chi connectivity index (χ1n) is 4.51. The van der Waals surface area contributed by atoms with E-state index in [-0.39, 0.29) is 17.3 Å². The van der Waals surface area contributed by atoms with Gasteiger partial charge in [0.25, 0.3) is 0 Å². The molecule has 0 aromatic rings. The summed E-state index contributed by atoms with van der Waals surface area (Å²) in [5.74, 6) is -0.102. The normalized spacial score (nSPS) is 18.2. The number of hydrogen-bond donors (Lipinski definition) is 2. The van der Waals surface area contributed by atoms with Crippen LogP contribution < -0.4 is 11.2 Å². The van der Waals surface area contributed by atoms with Crippen LogP contribution in [0.1, 0.15) is 25.7 Å². The van der Waals surface area contributed by atoms with Gasteiger partial charge < -0.3 is 5.73 Å². The number of nitrogens with two attached hydrogens (primary N) is 1. The summed E-state index contributed by atoms with van der Waals surface area (Å²) in [6.07, 6.45) is 3.69. The molecule has 0 aromatic carbocycles. The molecule has 0 radical (unpaired) electrons.